The number of hydrogen-bond donors (Lipinski definition) is 2. The summed E-state index contributed by atoms with van der Waals surface area (Å²) in [6, 6.07) is 15.1. The van der Waals surface area contributed by atoms with Crippen LogP contribution < -0.4 is 15.5 Å². The van der Waals surface area contributed by atoms with E-state index in [9.17, 15) is 14.4 Å². The van der Waals surface area contributed by atoms with Crippen LogP contribution in [0.15, 0.2) is 65.8 Å². The second-order valence-corrected chi connectivity index (χ2v) is 8.03. The zero-order valence-electron chi connectivity index (χ0n) is 16.4. The summed E-state index contributed by atoms with van der Waals surface area (Å²) < 4.78 is 5.31. The molecule has 0 atom stereocenters. The Kier molecular flexibility index (Phi) is 8.30. The van der Waals surface area contributed by atoms with Crippen molar-refractivity contribution in [1.29, 1.82) is 0 Å². The summed E-state index contributed by atoms with van der Waals surface area (Å²) in [5, 5.41) is 7.19. The Hall–Kier alpha value is -3.10. The van der Waals surface area contributed by atoms with Crippen LogP contribution in [0.1, 0.15) is 15.9 Å². The van der Waals surface area contributed by atoms with Crippen LogP contribution in [-0.2, 0) is 9.59 Å². The molecule has 2 amide bonds. The first-order valence-electron chi connectivity index (χ1n) is 9.09. The van der Waals surface area contributed by atoms with Gasteiger partial charge in [0.2, 0.25) is 0 Å². The van der Waals surface area contributed by atoms with Crippen molar-refractivity contribution in [2.24, 2.45) is 5.10 Å². The number of amides is 2. The highest BCUT2D eigenvalue weighted by atomic mass is 35.5. The summed E-state index contributed by atoms with van der Waals surface area (Å²) in [4.78, 5) is 36.2. The van der Waals surface area contributed by atoms with Crippen molar-refractivity contribution in [2.45, 2.75) is 0 Å². The van der Waals surface area contributed by atoms with E-state index in [1.54, 1.807) is 18.2 Å². The highest BCUT2D eigenvalue weighted by Gasteiger charge is 2.15. The summed E-state index contributed by atoms with van der Waals surface area (Å²) in [7, 11) is 0. The molecule has 0 saturated carbocycles. The van der Waals surface area contributed by atoms with E-state index in [1.165, 1.54) is 48.7 Å². The van der Waals surface area contributed by atoms with Crippen LogP contribution in [0.5, 0.6) is 5.75 Å². The number of rotatable bonds is 5. The lowest BCUT2D eigenvalue weighted by Gasteiger charge is -2.07. The minimum atomic E-state index is -1.00. The van der Waals surface area contributed by atoms with Crippen LogP contribution in [0.25, 0.3) is 0 Å². The Morgan fingerprint density at radius 2 is 1.61 bits per heavy atom. The zero-order valence-corrected chi connectivity index (χ0v) is 19.5. The average molecular weight is 525 g/mol. The molecule has 0 bridgehead atoms. The average Bonchev–Trinajstić information content (AvgIpc) is 2.76. The van der Waals surface area contributed by atoms with Gasteiger partial charge in [0.15, 0.2) is 0 Å². The third-order valence-corrected chi connectivity index (χ3v) is 5.27. The molecule has 0 aromatic heterocycles. The number of carbonyl (C=O) groups is 3. The topological polar surface area (TPSA) is 96.9 Å². The first-order chi connectivity index (χ1) is 15.7. The molecule has 7 nitrogen and oxygen atoms in total. The fraction of sp³-hybridized carbons (Fsp3) is 0. The fourth-order valence-electron chi connectivity index (χ4n) is 2.45. The summed E-state index contributed by atoms with van der Waals surface area (Å²) >= 11 is 23.5. The Balaban J connectivity index is 1.58. The summed E-state index contributed by atoms with van der Waals surface area (Å²) in [5.41, 5.74) is 3.04. The van der Waals surface area contributed by atoms with Gasteiger partial charge in [0.1, 0.15) is 5.75 Å². The van der Waals surface area contributed by atoms with Gasteiger partial charge in [0, 0.05) is 10.7 Å². The number of nitrogens with zero attached hydrogens (tertiary/aromatic N) is 1. The molecule has 0 aliphatic carbocycles. The molecule has 0 unspecified atom stereocenters. The molecular weight excluding hydrogens is 512 g/mol. The van der Waals surface area contributed by atoms with Crippen LogP contribution >= 0.6 is 46.4 Å². The number of hydrogen-bond acceptors (Lipinski definition) is 5. The van der Waals surface area contributed by atoms with Crippen molar-refractivity contribution in [2.75, 3.05) is 5.32 Å². The number of carbonyl (C=O) groups excluding carboxylic acids is 3. The van der Waals surface area contributed by atoms with Crippen molar-refractivity contribution in [3.63, 3.8) is 0 Å². The van der Waals surface area contributed by atoms with Crippen LogP contribution in [0.4, 0.5) is 5.69 Å². The lowest BCUT2D eigenvalue weighted by molar-refractivity contribution is -0.136. The monoisotopic (exact) mass is 523 g/mol. The van der Waals surface area contributed by atoms with Gasteiger partial charge in [-0.15, -0.1) is 0 Å². The summed E-state index contributed by atoms with van der Waals surface area (Å²) in [6.07, 6.45) is 1.27. The molecule has 0 fully saturated rings. The molecular formula is C22H13Cl4N3O4. The second kappa shape index (κ2) is 11.2. The molecule has 0 spiro atoms. The quantitative estimate of drug-likeness (QED) is 0.149. The number of nitrogens with one attached hydrogen (secondary N) is 2. The molecule has 3 aromatic rings. The zero-order chi connectivity index (χ0) is 24.0. The van der Waals surface area contributed by atoms with Gasteiger partial charge < -0.3 is 10.1 Å². The second-order valence-electron chi connectivity index (χ2n) is 6.37. The van der Waals surface area contributed by atoms with Crippen molar-refractivity contribution in [3.05, 3.63) is 91.9 Å². The van der Waals surface area contributed by atoms with Gasteiger partial charge in [0.05, 0.1) is 26.8 Å². The molecule has 168 valence electrons. The maximum atomic E-state index is 12.3. The first-order valence-corrected chi connectivity index (χ1v) is 10.6. The SMILES string of the molecule is O=C(NN=Cc1cccc(OC(=O)c2ccc(Cl)cc2Cl)c1)C(=O)Nc1ccc(Cl)c(Cl)c1. The largest absolute Gasteiger partial charge is 0.423 e. The van der Waals surface area contributed by atoms with E-state index >= 15 is 0 Å². The number of esters is 1. The first kappa shape index (κ1) is 24.5. The predicted molar refractivity (Wildman–Crippen MR) is 129 cm³/mol. The molecule has 0 radical (unpaired) electrons. The van der Waals surface area contributed by atoms with Crippen LogP contribution in [0.2, 0.25) is 20.1 Å². The minimum absolute atomic E-state index is 0.153. The molecule has 11 heteroatoms. The lowest BCUT2D eigenvalue weighted by Crippen LogP contribution is -2.32. The van der Waals surface area contributed by atoms with Crippen LogP contribution in [0.3, 0.4) is 0 Å². The smallest absolute Gasteiger partial charge is 0.345 e. The third-order valence-electron chi connectivity index (χ3n) is 3.98. The van der Waals surface area contributed by atoms with E-state index in [4.69, 9.17) is 51.1 Å². The van der Waals surface area contributed by atoms with Gasteiger partial charge in [-0.2, -0.15) is 5.10 Å². The Morgan fingerprint density at radius 1 is 0.818 bits per heavy atom. The highest BCUT2D eigenvalue weighted by Crippen LogP contribution is 2.25. The molecule has 3 aromatic carbocycles. The van der Waals surface area contributed by atoms with Crippen molar-refractivity contribution >= 4 is 76.1 Å². The normalized spacial score (nSPS) is 10.7. The summed E-state index contributed by atoms with van der Waals surface area (Å²) in [5.74, 6) is -2.40. The van der Waals surface area contributed by atoms with E-state index in [1.807, 2.05) is 0 Å². The molecule has 3 rings (SSSR count). The number of ether oxygens (including phenoxy) is 1. The number of hydrazone groups is 1. The van der Waals surface area contributed by atoms with Crippen molar-refractivity contribution in [1.82, 2.24) is 5.43 Å². The van der Waals surface area contributed by atoms with Gasteiger partial charge >= 0.3 is 17.8 Å². The molecule has 33 heavy (non-hydrogen) atoms. The molecule has 0 aliphatic rings. The molecule has 0 heterocycles. The van der Waals surface area contributed by atoms with E-state index < -0.39 is 17.8 Å². The Morgan fingerprint density at radius 3 is 2.33 bits per heavy atom. The van der Waals surface area contributed by atoms with Gasteiger partial charge in [-0.05, 0) is 54.1 Å². The van der Waals surface area contributed by atoms with E-state index in [2.05, 4.69) is 15.8 Å². The maximum Gasteiger partial charge on any atom is 0.345 e. The van der Waals surface area contributed by atoms with Crippen LogP contribution in [0, 0.1) is 0 Å². The summed E-state index contributed by atoms with van der Waals surface area (Å²) in [6.45, 7) is 0. The van der Waals surface area contributed by atoms with E-state index in [0.29, 0.717) is 21.3 Å². The minimum Gasteiger partial charge on any atom is -0.423 e. The van der Waals surface area contributed by atoms with Gasteiger partial charge in [0.25, 0.3) is 0 Å². The standard InChI is InChI=1S/C22H13Cl4N3O4/c23-13-4-6-16(18(25)9-13)22(32)33-15-3-1-2-12(8-15)11-27-29-21(31)20(30)28-14-5-7-17(24)19(26)10-14/h1-11H,(H,28,30)(H,29,31). The fourth-order valence-corrected chi connectivity index (χ4v) is 3.24. The Bertz CT molecular complexity index is 1260. The van der Waals surface area contributed by atoms with Gasteiger partial charge in [-0.1, -0.05) is 58.5 Å². The number of benzene rings is 3. The van der Waals surface area contributed by atoms with Gasteiger partial charge in [-0.25, -0.2) is 10.2 Å². The van der Waals surface area contributed by atoms with Crippen LogP contribution in [-0.4, -0.2) is 24.0 Å². The number of anilines is 1. The molecule has 2 N–H and O–H groups in total. The Labute approximate surface area is 208 Å². The molecule has 0 aliphatic heterocycles. The van der Waals surface area contributed by atoms with E-state index in [0.717, 1.165) is 0 Å². The number of halogens is 4. The predicted octanol–water partition coefficient (Wildman–Crippen LogP) is 5.61. The van der Waals surface area contributed by atoms with Crippen molar-refractivity contribution in [3.8, 4) is 5.75 Å². The van der Waals surface area contributed by atoms with E-state index in [-0.39, 0.29) is 21.4 Å². The maximum absolute atomic E-state index is 12.3. The lowest BCUT2D eigenvalue weighted by atomic mass is 10.2. The molecule has 0 saturated heterocycles. The highest BCUT2D eigenvalue weighted by molar-refractivity contribution is 6.43. The van der Waals surface area contributed by atoms with Crippen molar-refractivity contribution < 1.29 is 19.1 Å². The van der Waals surface area contributed by atoms with Gasteiger partial charge in [-0.3, -0.25) is 9.59 Å². The third kappa shape index (κ3) is 6.94.